The Balaban J connectivity index is 1.36. The molecule has 6 heterocycles. The second-order valence-corrected chi connectivity index (χ2v) is 17.8. The number of methoxy groups -OCH3 is 3. The van der Waals surface area contributed by atoms with Crippen molar-refractivity contribution >= 4 is 40.3 Å². The highest BCUT2D eigenvalue weighted by Gasteiger charge is 2.77. The van der Waals surface area contributed by atoms with Crippen LogP contribution in [0.15, 0.2) is 53.6 Å². The first-order valence-corrected chi connectivity index (χ1v) is 21.3. The second-order valence-electron chi connectivity index (χ2n) is 17.8. The van der Waals surface area contributed by atoms with Gasteiger partial charge >= 0.3 is 17.9 Å². The smallest absolute Gasteiger partial charge is 0.344 e. The van der Waals surface area contributed by atoms with E-state index in [1.165, 1.54) is 26.7 Å². The first kappa shape index (κ1) is 40.4. The summed E-state index contributed by atoms with van der Waals surface area (Å²) in [4.78, 5) is 65.8. The van der Waals surface area contributed by atoms with Crippen molar-refractivity contribution in [2.45, 2.75) is 94.5 Å². The number of nitrogens with one attached hydrogen (secondary N) is 1. The van der Waals surface area contributed by atoms with Crippen molar-refractivity contribution in [3.05, 3.63) is 81.6 Å². The average Bonchev–Trinajstić information content (AvgIpc) is 3.88. The molecule has 9 atom stereocenters. The van der Waals surface area contributed by atoms with Gasteiger partial charge in [0.05, 0.1) is 27.4 Å². The van der Waals surface area contributed by atoms with Gasteiger partial charge in [-0.25, -0.2) is 4.79 Å². The van der Waals surface area contributed by atoms with Crippen LogP contribution in [0.4, 0.5) is 5.69 Å². The molecule has 6 aliphatic rings. The number of esters is 3. The molecule has 9 rings (SSSR count). The number of fused-ring (bicyclic) bond motifs is 6. The minimum Gasteiger partial charge on any atom is -0.496 e. The molecule has 13 heteroatoms. The molecule has 3 aromatic rings. The van der Waals surface area contributed by atoms with Gasteiger partial charge in [0, 0.05) is 97.0 Å². The van der Waals surface area contributed by atoms with Gasteiger partial charge < -0.3 is 33.9 Å². The average molecular weight is 821 g/mol. The van der Waals surface area contributed by atoms with Crippen molar-refractivity contribution in [3.8, 4) is 5.75 Å². The molecule has 318 valence electrons. The van der Waals surface area contributed by atoms with E-state index >= 15 is 4.79 Å². The normalized spacial score (nSPS) is 32.6. The minimum absolute atomic E-state index is 0.0304. The van der Waals surface area contributed by atoms with Crippen molar-refractivity contribution in [1.29, 1.82) is 0 Å². The molecule has 2 aromatic carbocycles. The van der Waals surface area contributed by atoms with E-state index < -0.39 is 52.4 Å². The maximum Gasteiger partial charge on any atom is 0.344 e. The molecule has 60 heavy (non-hydrogen) atoms. The number of aromatic nitrogens is 1. The second kappa shape index (κ2) is 14.3. The Kier molecular flexibility index (Phi) is 9.64. The predicted molar refractivity (Wildman–Crippen MR) is 224 cm³/mol. The van der Waals surface area contributed by atoms with Crippen molar-refractivity contribution in [2.75, 3.05) is 59.5 Å². The van der Waals surface area contributed by atoms with Crippen molar-refractivity contribution in [3.63, 3.8) is 0 Å². The lowest BCUT2D eigenvalue weighted by molar-refractivity contribution is -0.212. The molecule has 13 nitrogen and oxygen atoms in total. The maximum atomic E-state index is 15.3. The first-order valence-electron chi connectivity index (χ1n) is 21.3. The summed E-state index contributed by atoms with van der Waals surface area (Å²) < 4.78 is 23.8. The van der Waals surface area contributed by atoms with E-state index in [1.54, 1.807) is 14.0 Å². The van der Waals surface area contributed by atoms with Crippen molar-refractivity contribution in [2.24, 2.45) is 11.8 Å². The van der Waals surface area contributed by atoms with E-state index in [0.29, 0.717) is 61.5 Å². The van der Waals surface area contributed by atoms with E-state index in [4.69, 9.17) is 18.9 Å². The van der Waals surface area contributed by atoms with Gasteiger partial charge in [-0.15, -0.1) is 0 Å². The number of Topliss-reactive ketones (excluding diaryl/α,β-unsaturated/α-hetero) is 1. The standard InChI is InChI=1S/C47H56N4O9/c1-9-27-17-28-21-46(43(54)58-7,39-32(24-50(22-27)23-28)31-18-30(25(3)52)11-12-35(31)48-39)34-19-33-36(20-37(34)57-6)49(5)42-45(33)14-16-51-15-13-29(10-2)38(40(45)51)41(60-26(4)53)47(42,56)44(55)59-8/h11-13,17-20,28,38,40-42,48,56H,9-10,14-16,21-24H2,1-8H3/t28-,38?,40+,41-,42-,45-,46+,47-/m1/s1. The summed E-state index contributed by atoms with van der Waals surface area (Å²) >= 11 is 0. The number of benzene rings is 2. The van der Waals surface area contributed by atoms with Crippen LogP contribution in [-0.4, -0.2) is 122 Å². The monoisotopic (exact) mass is 820 g/mol. The number of aliphatic hydroxyl groups is 1. The fourth-order valence-electron chi connectivity index (χ4n) is 12.8. The molecule has 5 aliphatic heterocycles. The van der Waals surface area contributed by atoms with Crippen LogP contribution in [0.3, 0.4) is 0 Å². The number of rotatable bonds is 8. The zero-order valence-corrected chi connectivity index (χ0v) is 35.8. The molecule has 2 unspecified atom stereocenters. The van der Waals surface area contributed by atoms with E-state index in [1.807, 2.05) is 43.1 Å². The number of carbonyl (C=O) groups excluding carboxylic acids is 4. The Morgan fingerprint density at radius 3 is 2.40 bits per heavy atom. The molecule has 0 radical (unpaired) electrons. The summed E-state index contributed by atoms with van der Waals surface area (Å²) in [6.45, 7) is 10.5. The van der Waals surface area contributed by atoms with Gasteiger partial charge in [0.25, 0.3) is 0 Å². The number of ketones is 1. The molecule has 2 N–H and O–H groups in total. The fraction of sp³-hybridized carbons (Fsp3) is 0.532. The third-order valence-corrected chi connectivity index (χ3v) is 15.1. The molecule has 1 spiro atoms. The van der Waals surface area contributed by atoms with Crippen LogP contribution in [0.25, 0.3) is 10.9 Å². The number of anilines is 1. The first-order chi connectivity index (χ1) is 28.7. The quantitative estimate of drug-likeness (QED) is 0.137. The Morgan fingerprint density at radius 2 is 1.73 bits per heavy atom. The molecule has 1 aliphatic carbocycles. The van der Waals surface area contributed by atoms with Crippen LogP contribution < -0.4 is 9.64 Å². The largest absolute Gasteiger partial charge is 0.496 e. The molecule has 2 fully saturated rings. The minimum atomic E-state index is -2.28. The Bertz CT molecular complexity index is 2400. The summed E-state index contributed by atoms with van der Waals surface area (Å²) in [5.41, 5.74) is 2.94. The van der Waals surface area contributed by atoms with Gasteiger partial charge in [0.1, 0.15) is 11.2 Å². The molecule has 2 bridgehead atoms. The Hall–Kier alpha value is -4.98. The summed E-state index contributed by atoms with van der Waals surface area (Å²) in [6, 6.07) is 8.50. The van der Waals surface area contributed by atoms with Crippen LogP contribution in [-0.2, 0) is 46.0 Å². The Morgan fingerprint density at radius 1 is 0.967 bits per heavy atom. The van der Waals surface area contributed by atoms with Crippen molar-refractivity contribution in [1.82, 2.24) is 14.8 Å². The third-order valence-electron chi connectivity index (χ3n) is 15.1. The fourth-order valence-corrected chi connectivity index (χ4v) is 12.8. The summed E-state index contributed by atoms with van der Waals surface area (Å²) in [6.07, 6.45) is 5.69. The highest BCUT2D eigenvalue weighted by Crippen LogP contribution is 2.65. The molecule has 1 saturated heterocycles. The highest BCUT2D eigenvalue weighted by atomic mass is 16.6. The van der Waals surface area contributed by atoms with E-state index in [-0.39, 0.29) is 17.7 Å². The summed E-state index contributed by atoms with van der Waals surface area (Å²) in [5.74, 6) is -2.08. The van der Waals surface area contributed by atoms with Crippen molar-refractivity contribution < 1.29 is 43.2 Å². The third kappa shape index (κ3) is 5.33. The zero-order chi connectivity index (χ0) is 42.6. The van der Waals surface area contributed by atoms with Crippen LogP contribution in [0.2, 0.25) is 0 Å². The number of likely N-dealkylation sites (N-methyl/N-ethyl adjacent to an activating group) is 1. The van der Waals surface area contributed by atoms with Crippen LogP contribution in [0.5, 0.6) is 5.75 Å². The van der Waals surface area contributed by atoms with E-state index in [2.05, 4.69) is 39.9 Å². The lowest BCUT2D eigenvalue weighted by Gasteiger charge is -2.59. The highest BCUT2D eigenvalue weighted by molar-refractivity contribution is 6.00. The van der Waals surface area contributed by atoms with Gasteiger partial charge in [-0.1, -0.05) is 37.1 Å². The number of aromatic amines is 1. The van der Waals surface area contributed by atoms with Gasteiger partial charge in [-0.05, 0) is 80.5 Å². The number of nitrogens with zero attached hydrogens (tertiary/aromatic N) is 3. The maximum absolute atomic E-state index is 15.3. The topological polar surface area (TPSA) is 151 Å². The van der Waals surface area contributed by atoms with Crippen LogP contribution in [0.1, 0.15) is 86.1 Å². The van der Waals surface area contributed by atoms with Gasteiger partial charge in [-0.2, -0.15) is 0 Å². The molecule has 0 amide bonds. The molecule has 1 saturated carbocycles. The van der Waals surface area contributed by atoms with E-state index in [9.17, 15) is 19.5 Å². The number of ether oxygens (including phenoxy) is 4. The number of H-pyrrole nitrogens is 1. The lowest BCUT2D eigenvalue weighted by atomic mass is 9.52. The molecule has 1 aromatic heterocycles. The van der Waals surface area contributed by atoms with Crippen LogP contribution >= 0.6 is 0 Å². The number of carbonyl (C=O) groups is 4. The van der Waals surface area contributed by atoms with Gasteiger partial charge in [0.15, 0.2) is 11.9 Å². The number of hydrogen-bond acceptors (Lipinski definition) is 12. The Labute approximate surface area is 350 Å². The van der Waals surface area contributed by atoms with E-state index in [0.717, 1.165) is 52.8 Å². The van der Waals surface area contributed by atoms with Gasteiger partial charge in [-0.3, -0.25) is 24.2 Å². The van der Waals surface area contributed by atoms with Crippen LogP contribution in [0, 0.1) is 11.8 Å². The number of hydrogen-bond donors (Lipinski definition) is 2. The molecular formula is C47H56N4O9. The van der Waals surface area contributed by atoms with Gasteiger partial charge in [0.2, 0.25) is 5.60 Å². The zero-order valence-electron chi connectivity index (χ0n) is 35.8. The predicted octanol–water partition coefficient (Wildman–Crippen LogP) is 4.96. The summed E-state index contributed by atoms with van der Waals surface area (Å²) in [7, 11) is 6.13. The molecular weight excluding hydrogens is 765 g/mol. The SMILES string of the molecule is CCC1=C[C@H]2CN(C1)Cc1c([nH]c3ccc(C(C)=O)cc13)[C@@](C(=O)OC)(c1cc3c(cc1OC)N(C)[C@H]1[C@@](O)(C(=O)OC)[C@H](OC(C)=O)C4C(CC)=CCN5CC[C@]31[C@H]45)C2. The lowest BCUT2D eigenvalue weighted by Crippen LogP contribution is -2.78. The summed E-state index contributed by atoms with van der Waals surface area (Å²) in [5, 5.41) is 14.1.